The SMILES string of the molecule is O=C(Nc1ccc(Br)cc1Cl)c1ccc(-c2ccccc2)cc1. The Hall–Kier alpha value is -2.10. The number of anilines is 1. The molecule has 0 spiro atoms. The summed E-state index contributed by atoms with van der Waals surface area (Å²) in [6, 6.07) is 22.9. The van der Waals surface area contributed by atoms with Gasteiger partial charge in [0, 0.05) is 10.0 Å². The van der Waals surface area contributed by atoms with Crippen LogP contribution in [0.5, 0.6) is 0 Å². The Labute approximate surface area is 148 Å². The van der Waals surface area contributed by atoms with Crippen LogP contribution >= 0.6 is 27.5 Å². The molecular formula is C19H13BrClNO. The van der Waals surface area contributed by atoms with Crippen molar-refractivity contribution < 1.29 is 4.79 Å². The van der Waals surface area contributed by atoms with Gasteiger partial charge in [-0.25, -0.2) is 0 Å². The van der Waals surface area contributed by atoms with Gasteiger partial charge in [-0.15, -0.1) is 0 Å². The summed E-state index contributed by atoms with van der Waals surface area (Å²) in [6.07, 6.45) is 0. The lowest BCUT2D eigenvalue weighted by Gasteiger charge is -2.08. The van der Waals surface area contributed by atoms with Crippen molar-refractivity contribution in [3.63, 3.8) is 0 Å². The molecule has 2 nitrogen and oxygen atoms in total. The number of hydrogen-bond acceptors (Lipinski definition) is 1. The summed E-state index contributed by atoms with van der Waals surface area (Å²) >= 11 is 9.46. The first-order valence-electron chi connectivity index (χ1n) is 7.05. The van der Waals surface area contributed by atoms with Crippen LogP contribution in [0.1, 0.15) is 10.4 Å². The summed E-state index contributed by atoms with van der Waals surface area (Å²) in [6.45, 7) is 0. The predicted molar refractivity (Wildman–Crippen MR) is 99.0 cm³/mol. The fraction of sp³-hybridized carbons (Fsp3) is 0. The molecule has 1 N–H and O–H groups in total. The maximum Gasteiger partial charge on any atom is 0.255 e. The molecule has 3 aromatic rings. The zero-order valence-corrected chi connectivity index (χ0v) is 14.4. The summed E-state index contributed by atoms with van der Waals surface area (Å²) in [7, 11) is 0. The van der Waals surface area contributed by atoms with E-state index < -0.39 is 0 Å². The molecule has 0 bridgehead atoms. The van der Waals surface area contributed by atoms with Gasteiger partial charge in [0.05, 0.1) is 10.7 Å². The minimum absolute atomic E-state index is 0.186. The molecule has 0 radical (unpaired) electrons. The van der Waals surface area contributed by atoms with Crippen LogP contribution in [0.3, 0.4) is 0 Å². The van der Waals surface area contributed by atoms with Gasteiger partial charge in [-0.05, 0) is 41.5 Å². The monoisotopic (exact) mass is 385 g/mol. The van der Waals surface area contributed by atoms with E-state index >= 15 is 0 Å². The zero-order chi connectivity index (χ0) is 16.2. The van der Waals surface area contributed by atoms with E-state index in [0.717, 1.165) is 15.6 Å². The van der Waals surface area contributed by atoms with Gasteiger partial charge in [0.25, 0.3) is 5.91 Å². The van der Waals surface area contributed by atoms with Crippen molar-refractivity contribution in [2.24, 2.45) is 0 Å². The molecule has 3 aromatic carbocycles. The van der Waals surface area contributed by atoms with Crippen molar-refractivity contribution in [2.75, 3.05) is 5.32 Å². The smallest absolute Gasteiger partial charge is 0.255 e. The molecule has 0 aliphatic rings. The molecule has 3 rings (SSSR count). The number of benzene rings is 3. The standard InChI is InChI=1S/C19H13BrClNO/c20-16-10-11-18(17(21)12-16)22-19(23)15-8-6-14(7-9-15)13-4-2-1-3-5-13/h1-12H,(H,22,23). The van der Waals surface area contributed by atoms with E-state index in [2.05, 4.69) is 21.2 Å². The van der Waals surface area contributed by atoms with Crippen molar-refractivity contribution in [2.45, 2.75) is 0 Å². The quantitative estimate of drug-likeness (QED) is 0.585. The lowest BCUT2D eigenvalue weighted by molar-refractivity contribution is 0.102. The average molecular weight is 387 g/mol. The second kappa shape index (κ2) is 6.99. The first-order valence-corrected chi connectivity index (χ1v) is 8.22. The van der Waals surface area contributed by atoms with Crippen LogP contribution in [0.2, 0.25) is 5.02 Å². The first-order chi connectivity index (χ1) is 11.1. The van der Waals surface area contributed by atoms with E-state index in [-0.39, 0.29) is 5.91 Å². The number of carbonyl (C=O) groups is 1. The summed E-state index contributed by atoms with van der Waals surface area (Å²) in [5.74, 6) is -0.186. The Morgan fingerprint density at radius 3 is 2.17 bits per heavy atom. The van der Waals surface area contributed by atoms with Crippen LogP contribution < -0.4 is 5.32 Å². The molecule has 0 saturated heterocycles. The number of carbonyl (C=O) groups excluding carboxylic acids is 1. The van der Waals surface area contributed by atoms with Crippen molar-refractivity contribution in [1.29, 1.82) is 0 Å². The molecule has 23 heavy (non-hydrogen) atoms. The van der Waals surface area contributed by atoms with Crippen molar-refractivity contribution in [3.05, 3.63) is 87.9 Å². The molecule has 0 atom stereocenters. The third kappa shape index (κ3) is 3.81. The highest BCUT2D eigenvalue weighted by Crippen LogP contribution is 2.26. The molecule has 0 aliphatic heterocycles. The third-order valence-corrected chi connectivity index (χ3v) is 4.24. The van der Waals surface area contributed by atoms with Crippen LogP contribution in [0, 0.1) is 0 Å². The van der Waals surface area contributed by atoms with E-state index in [4.69, 9.17) is 11.6 Å². The highest BCUT2D eigenvalue weighted by molar-refractivity contribution is 9.10. The maximum absolute atomic E-state index is 12.3. The minimum atomic E-state index is -0.186. The summed E-state index contributed by atoms with van der Waals surface area (Å²) in [4.78, 5) is 12.3. The maximum atomic E-state index is 12.3. The predicted octanol–water partition coefficient (Wildman–Crippen LogP) is 6.02. The van der Waals surface area contributed by atoms with Gasteiger partial charge in [0.15, 0.2) is 0 Å². The van der Waals surface area contributed by atoms with Gasteiger partial charge in [-0.2, -0.15) is 0 Å². The highest BCUT2D eigenvalue weighted by atomic mass is 79.9. The van der Waals surface area contributed by atoms with E-state index in [9.17, 15) is 4.79 Å². The minimum Gasteiger partial charge on any atom is -0.321 e. The highest BCUT2D eigenvalue weighted by Gasteiger charge is 2.09. The summed E-state index contributed by atoms with van der Waals surface area (Å²) < 4.78 is 0.868. The Morgan fingerprint density at radius 1 is 0.870 bits per heavy atom. The number of rotatable bonds is 3. The van der Waals surface area contributed by atoms with E-state index in [0.29, 0.717) is 16.3 Å². The molecule has 0 aliphatic carbocycles. The third-order valence-electron chi connectivity index (χ3n) is 3.43. The van der Waals surface area contributed by atoms with Crippen molar-refractivity contribution in [3.8, 4) is 11.1 Å². The molecule has 114 valence electrons. The van der Waals surface area contributed by atoms with E-state index in [1.54, 1.807) is 12.1 Å². The normalized spacial score (nSPS) is 10.3. The van der Waals surface area contributed by atoms with Gasteiger partial charge in [0.2, 0.25) is 0 Å². The number of nitrogens with one attached hydrogen (secondary N) is 1. The van der Waals surface area contributed by atoms with Crippen molar-refractivity contribution >= 4 is 39.1 Å². The van der Waals surface area contributed by atoms with Crippen LogP contribution in [0.4, 0.5) is 5.69 Å². The number of amides is 1. The molecular weight excluding hydrogens is 374 g/mol. The topological polar surface area (TPSA) is 29.1 Å². The summed E-state index contributed by atoms with van der Waals surface area (Å²) in [5, 5.41) is 3.32. The second-order valence-corrected chi connectivity index (χ2v) is 6.34. The van der Waals surface area contributed by atoms with Crippen molar-refractivity contribution in [1.82, 2.24) is 0 Å². The Morgan fingerprint density at radius 2 is 1.52 bits per heavy atom. The zero-order valence-electron chi connectivity index (χ0n) is 12.1. The Kier molecular flexibility index (Phi) is 4.79. The largest absolute Gasteiger partial charge is 0.321 e. The van der Waals surface area contributed by atoms with Crippen LogP contribution in [0.25, 0.3) is 11.1 Å². The lowest BCUT2D eigenvalue weighted by atomic mass is 10.0. The van der Waals surface area contributed by atoms with Crippen LogP contribution in [-0.2, 0) is 0 Å². The molecule has 0 fully saturated rings. The van der Waals surface area contributed by atoms with Gasteiger partial charge < -0.3 is 5.32 Å². The van der Waals surface area contributed by atoms with Gasteiger partial charge in [-0.1, -0.05) is 70.0 Å². The Bertz CT molecular complexity index is 832. The number of hydrogen-bond donors (Lipinski definition) is 1. The lowest BCUT2D eigenvalue weighted by Crippen LogP contribution is -2.12. The summed E-state index contributed by atoms with van der Waals surface area (Å²) in [5.41, 5.74) is 3.37. The van der Waals surface area contributed by atoms with Gasteiger partial charge >= 0.3 is 0 Å². The molecule has 4 heteroatoms. The second-order valence-electron chi connectivity index (χ2n) is 5.02. The van der Waals surface area contributed by atoms with Crippen LogP contribution in [-0.4, -0.2) is 5.91 Å². The molecule has 0 heterocycles. The number of halogens is 2. The fourth-order valence-electron chi connectivity index (χ4n) is 2.23. The van der Waals surface area contributed by atoms with Gasteiger partial charge in [-0.3, -0.25) is 4.79 Å². The average Bonchev–Trinajstić information content (AvgIpc) is 2.58. The van der Waals surface area contributed by atoms with Gasteiger partial charge in [0.1, 0.15) is 0 Å². The van der Waals surface area contributed by atoms with E-state index in [1.807, 2.05) is 60.7 Å². The molecule has 0 unspecified atom stereocenters. The molecule has 1 amide bonds. The Balaban J connectivity index is 1.78. The first kappa shape index (κ1) is 15.8. The molecule has 0 saturated carbocycles. The van der Waals surface area contributed by atoms with E-state index in [1.165, 1.54) is 0 Å². The molecule has 0 aromatic heterocycles. The fourth-order valence-corrected chi connectivity index (χ4v) is 2.95. The van der Waals surface area contributed by atoms with Crippen LogP contribution in [0.15, 0.2) is 77.3 Å².